The molecule has 12 atom stereocenters. The van der Waals surface area contributed by atoms with Crippen molar-refractivity contribution in [3.63, 3.8) is 0 Å². The summed E-state index contributed by atoms with van der Waals surface area (Å²) in [7, 11) is 1.63. The molecule has 6 fully saturated rings. The topological polar surface area (TPSA) is 264 Å². The van der Waals surface area contributed by atoms with Crippen molar-refractivity contribution in [2.45, 2.75) is 224 Å². The van der Waals surface area contributed by atoms with E-state index < -0.39 is 29.3 Å². The van der Waals surface area contributed by atoms with Gasteiger partial charge in [0, 0.05) is 46.1 Å². The molecule has 22 nitrogen and oxygen atoms in total. The third-order valence-corrected chi connectivity index (χ3v) is 12.8. The number of aliphatic hydroxyl groups is 2. The predicted molar refractivity (Wildman–Crippen MR) is 262 cm³/mol. The number of carbonyl (C=O) groups is 5. The monoisotopic (exact) mass is 1070 g/mol. The lowest BCUT2D eigenvalue weighted by Crippen LogP contribution is -2.51. The number of esters is 4. The summed E-state index contributed by atoms with van der Waals surface area (Å²) in [6, 6.07) is 0. The Balaban J connectivity index is 0.000000282. The number of ketones is 1. The van der Waals surface area contributed by atoms with E-state index in [0.717, 1.165) is 38.5 Å². The molecule has 0 bridgehead atoms. The van der Waals surface area contributed by atoms with Gasteiger partial charge in [-0.25, -0.2) is 0 Å². The molecule has 0 radical (unpaired) electrons. The van der Waals surface area contributed by atoms with Crippen molar-refractivity contribution in [3.8, 4) is 0 Å². The molecule has 0 aliphatic carbocycles. The lowest BCUT2D eigenvalue weighted by molar-refractivity contribution is -0.312. The fraction of sp³-hybridized carbons (Fsp3) is 0.904. The van der Waals surface area contributed by atoms with Crippen LogP contribution in [0.5, 0.6) is 0 Å². The van der Waals surface area contributed by atoms with E-state index in [0.29, 0.717) is 85.0 Å². The van der Waals surface area contributed by atoms with Gasteiger partial charge in [-0.3, -0.25) is 19.2 Å². The van der Waals surface area contributed by atoms with Crippen LogP contribution < -0.4 is 0 Å². The molecule has 0 amide bonds. The first-order valence-electron chi connectivity index (χ1n) is 26.5. The van der Waals surface area contributed by atoms with Crippen LogP contribution in [0.15, 0.2) is 0 Å². The van der Waals surface area contributed by atoms with Crippen LogP contribution in [-0.4, -0.2) is 192 Å². The molecule has 6 aliphatic rings. The van der Waals surface area contributed by atoms with Crippen LogP contribution in [0.4, 0.5) is 0 Å². The second-order valence-electron chi connectivity index (χ2n) is 19.9. The minimum absolute atomic E-state index is 0.0590. The van der Waals surface area contributed by atoms with Gasteiger partial charge in [-0.15, -0.1) is 0 Å². The van der Waals surface area contributed by atoms with Gasteiger partial charge in [0.1, 0.15) is 61.2 Å². The number of aliphatic hydroxyl groups excluding tert-OH is 2. The minimum Gasteiger partial charge on any atom is -0.466 e. The fourth-order valence-corrected chi connectivity index (χ4v) is 8.15. The molecule has 2 N–H and O–H groups in total. The standard InChI is InChI=1S/C20H32O9.C14H24O6.C12H22O5.C6H12O2/c1-13(21)5-7-19(2)26-10-14(28-19)9-25-17(22)6-8-20(3)27-12-16-18(29-20)15(23-4)11-24-16;1-3-4-7-17-12(16)5-6-14(2)19-9-11-13(20-14)10(15)8-18-11;1-3-4-7-15-11(14)5-6-12(2)16-9-10(8-13)17-12;1-3-4-5-8-6(2)7/h14-16,18H,5-12H2,1-4H3;10-11,13,15H,3-9H2,1-2H3;10,13H,3-9H2,1-2H3;3-5H2,1-2H3. The lowest BCUT2D eigenvalue weighted by atomic mass is 10.1. The summed E-state index contributed by atoms with van der Waals surface area (Å²) < 4.78 is 82.1. The molecule has 0 aromatic heterocycles. The van der Waals surface area contributed by atoms with Crippen LogP contribution in [-0.2, 0) is 95.0 Å². The number of hydrogen-bond acceptors (Lipinski definition) is 22. The molecule has 0 spiro atoms. The van der Waals surface area contributed by atoms with Crippen molar-refractivity contribution in [2.75, 3.05) is 79.8 Å². The molecule has 0 aromatic carbocycles. The Hall–Kier alpha value is -2.97. The van der Waals surface area contributed by atoms with Crippen molar-refractivity contribution in [1.82, 2.24) is 0 Å². The van der Waals surface area contributed by atoms with E-state index in [1.54, 1.807) is 27.9 Å². The number of unbranched alkanes of at least 4 members (excludes halogenated alkanes) is 3. The minimum atomic E-state index is -0.886. The molecule has 6 saturated heterocycles. The molecule has 0 saturated carbocycles. The number of Topliss-reactive ketones (excluding diaryl/α,β-unsaturated/α-hetero) is 1. The number of methoxy groups -OCH3 is 1. The fourth-order valence-electron chi connectivity index (χ4n) is 8.15. The van der Waals surface area contributed by atoms with Crippen molar-refractivity contribution in [3.05, 3.63) is 0 Å². The molecule has 74 heavy (non-hydrogen) atoms. The van der Waals surface area contributed by atoms with Crippen LogP contribution in [0.3, 0.4) is 0 Å². The Morgan fingerprint density at radius 3 is 1.42 bits per heavy atom. The Kier molecular flexibility index (Phi) is 29.4. The zero-order valence-electron chi connectivity index (χ0n) is 45.9. The first kappa shape index (κ1) is 65.3. The summed E-state index contributed by atoms with van der Waals surface area (Å²) in [5.41, 5.74) is 0. The number of ether oxygens (including phenoxy) is 15. The van der Waals surface area contributed by atoms with Gasteiger partial charge in [-0.2, -0.15) is 0 Å². The zero-order chi connectivity index (χ0) is 54.8. The third kappa shape index (κ3) is 24.1. The quantitative estimate of drug-likeness (QED) is 0.0696. The predicted octanol–water partition coefficient (Wildman–Crippen LogP) is 4.94. The van der Waals surface area contributed by atoms with E-state index in [1.165, 1.54) is 13.8 Å². The van der Waals surface area contributed by atoms with Crippen molar-refractivity contribution < 1.29 is 105 Å². The van der Waals surface area contributed by atoms with Gasteiger partial charge >= 0.3 is 23.9 Å². The lowest BCUT2D eigenvalue weighted by Gasteiger charge is -2.40. The van der Waals surface area contributed by atoms with Gasteiger partial charge in [0.2, 0.25) is 0 Å². The molecule has 6 heterocycles. The smallest absolute Gasteiger partial charge is 0.306 e. The maximum atomic E-state index is 12.2. The normalized spacial score (nSPS) is 32.8. The van der Waals surface area contributed by atoms with Gasteiger partial charge in [0.15, 0.2) is 23.1 Å². The van der Waals surface area contributed by atoms with E-state index in [-0.39, 0.29) is 111 Å². The second-order valence-corrected chi connectivity index (χ2v) is 19.9. The summed E-state index contributed by atoms with van der Waals surface area (Å²) in [5.74, 6) is -4.24. The zero-order valence-corrected chi connectivity index (χ0v) is 45.9. The van der Waals surface area contributed by atoms with Gasteiger partial charge in [-0.1, -0.05) is 40.0 Å². The van der Waals surface area contributed by atoms with E-state index >= 15 is 0 Å². The van der Waals surface area contributed by atoms with Gasteiger partial charge < -0.3 is 86.1 Å². The first-order chi connectivity index (χ1) is 35.1. The average molecular weight is 1070 g/mol. The summed E-state index contributed by atoms with van der Waals surface area (Å²) in [6.45, 7) is 20.1. The highest BCUT2D eigenvalue weighted by atomic mass is 16.8. The highest BCUT2D eigenvalue weighted by Crippen LogP contribution is 2.36. The Morgan fingerprint density at radius 1 is 0.527 bits per heavy atom. The summed E-state index contributed by atoms with van der Waals surface area (Å²) in [4.78, 5) is 56.4. The SMILES string of the molecule is CCCCOC(=O)CCC1(C)OCC(CO)O1.CCCCOC(=O)CCC1(C)OCC2OCC(O)C2O1.CCCCOC(C)=O.COC1COC2COC(C)(CCC(=O)OCC3COC(C)(CCC(C)=O)O3)OC12. The maximum Gasteiger partial charge on any atom is 0.306 e. The maximum absolute atomic E-state index is 12.2. The number of hydrogen-bond donors (Lipinski definition) is 2. The molecular weight excluding hydrogens is 977 g/mol. The molecular formula is C52H90O22. The number of carbonyl (C=O) groups excluding carboxylic acids is 5. The molecule has 6 rings (SSSR count). The molecule has 0 aromatic rings. The van der Waals surface area contributed by atoms with Gasteiger partial charge in [0.05, 0.1) is 85.3 Å². The van der Waals surface area contributed by atoms with Crippen molar-refractivity contribution in [1.29, 1.82) is 0 Å². The highest BCUT2D eigenvalue weighted by molar-refractivity contribution is 5.75. The van der Waals surface area contributed by atoms with Crippen molar-refractivity contribution >= 4 is 29.7 Å². The van der Waals surface area contributed by atoms with Crippen LogP contribution >= 0.6 is 0 Å². The Labute approximate surface area is 437 Å². The van der Waals surface area contributed by atoms with E-state index in [9.17, 15) is 29.1 Å². The van der Waals surface area contributed by atoms with Crippen LogP contribution in [0.1, 0.15) is 152 Å². The third-order valence-electron chi connectivity index (χ3n) is 12.8. The van der Waals surface area contributed by atoms with Gasteiger partial charge in [-0.05, 0) is 53.9 Å². The molecule has 6 aliphatic heterocycles. The summed E-state index contributed by atoms with van der Waals surface area (Å²) in [5, 5.41) is 18.7. The summed E-state index contributed by atoms with van der Waals surface area (Å²) in [6.07, 6.45) is 6.29. The molecule has 430 valence electrons. The van der Waals surface area contributed by atoms with Gasteiger partial charge in [0.25, 0.3) is 0 Å². The Bertz CT molecular complexity index is 1660. The van der Waals surface area contributed by atoms with Crippen LogP contribution in [0, 0.1) is 0 Å². The molecule has 22 heteroatoms. The Morgan fingerprint density at radius 2 is 0.946 bits per heavy atom. The first-order valence-corrected chi connectivity index (χ1v) is 26.5. The largest absolute Gasteiger partial charge is 0.466 e. The van der Waals surface area contributed by atoms with Crippen LogP contribution in [0.2, 0.25) is 0 Å². The summed E-state index contributed by atoms with van der Waals surface area (Å²) >= 11 is 0. The molecule has 12 unspecified atom stereocenters. The van der Waals surface area contributed by atoms with Crippen LogP contribution in [0.25, 0.3) is 0 Å². The van der Waals surface area contributed by atoms with Crippen molar-refractivity contribution in [2.24, 2.45) is 0 Å². The number of fused-ring (bicyclic) bond motifs is 2. The number of rotatable bonds is 25. The highest BCUT2D eigenvalue weighted by Gasteiger charge is 2.49. The second kappa shape index (κ2) is 33.4. The van der Waals surface area contributed by atoms with E-state index in [1.807, 2.05) is 20.8 Å². The van der Waals surface area contributed by atoms with E-state index in [4.69, 9.17) is 71.4 Å². The average Bonchev–Trinajstić information content (AvgIpc) is 4.16. The van der Waals surface area contributed by atoms with E-state index in [2.05, 4.69) is 11.7 Å².